The van der Waals surface area contributed by atoms with E-state index in [9.17, 15) is 0 Å². The summed E-state index contributed by atoms with van der Waals surface area (Å²) >= 11 is 3.61. The summed E-state index contributed by atoms with van der Waals surface area (Å²) in [6, 6.07) is 64.7. The molecule has 1 heterocycles. The molecule has 0 aromatic heterocycles. The van der Waals surface area contributed by atoms with E-state index in [1.54, 1.807) is 23.5 Å². The van der Waals surface area contributed by atoms with Gasteiger partial charge in [0.2, 0.25) is 0 Å². The molecule has 9 rings (SSSR count). The van der Waals surface area contributed by atoms with Crippen molar-refractivity contribution in [2.75, 3.05) is 11.5 Å². The Hall–Kier alpha value is -5.68. The summed E-state index contributed by atoms with van der Waals surface area (Å²) in [5.74, 6) is 1.95. The molecule has 1 fully saturated rings. The van der Waals surface area contributed by atoms with Crippen LogP contribution in [-0.4, -0.2) is 21.6 Å². The highest BCUT2D eigenvalue weighted by Gasteiger charge is 2.23. The first-order chi connectivity index (χ1) is 25.8. The first-order valence-electron chi connectivity index (χ1n) is 17.6. The zero-order valence-electron chi connectivity index (χ0n) is 28.4. The summed E-state index contributed by atoms with van der Waals surface area (Å²) in [6.07, 6.45) is 0. The summed E-state index contributed by atoms with van der Waals surface area (Å²) in [5.41, 5.74) is 11.3. The average molecular weight is 703 g/mol. The molecule has 0 N–H and O–H groups in total. The number of nitrogens with zero attached hydrogens (tertiary/aromatic N) is 2. The van der Waals surface area contributed by atoms with Crippen LogP contribution in [0.2, 0.25) is 0 Å². The molecule has 0 atom stereocenters. The Kier molecular flexibility index (Phi) is 9.00. The second-order valence-corrected chi connectivity index (χ2v) is 14.9. The maximum absolute atomic E-state index is 5.61. The van der Waals surface area contributed by atoms with Crippen LogP contribution in [0.1, 0.15) is 0 Å². The van der Waals surface area contributed by atoms with Gasteiger partial charge < -0.3 is 0 Å². The minimum atomic E-state index is 0.960. The molecule has 1 saturated heterocycles. The monoisotopic (exact) mass is 702 g/mol. The van der Waals surface area contributed by atoms with Gasteiger partial charge in [-0.15, -0.1) is 23.5 Å². The van der Waals surface area contributed by atoms with Crippen LogP contribution in [0.4, 0.5) is 11.4 Å². The van der Waals surface area contributed by atoms with Crippen molar-refractivity contribution in [2.24, 2.45) is 9.98 Å². The molecule has 0 aliphatic carbocycles. The lowest BCUT2D eigenvalue weighted by Gasteiger charge is -2.20. The molecule has 4 heteroatoms. The van der Waals surface area contributed by atoms with E-state index in [-0.39, 0.29) is 0 Å². The minimum Gasteiger partial charge on any atom is -0.238 e. The van der Waals surface area contributed by atoms with Gasteiger partial charge in [-0.3, -0.25) is 0 Å². The fourth-order valence-electron chi connectivity index (χ4n) is 7.11. The van der Waals surface area contributed by atoms with Crippen molar-refractivity contribution in [1.29, 1.82) is 0 Å². The second kappa shape index (κ2) is 14.5. The Balaban J connectivity index is 1.29. The SMILES string of the molecule is c1ccc(-c2cc(-c3ccccc3)c3ccccc3c2N=C2SCCSC2=Nc2c(-c3ccccc3)cc(-c3ccccc3)c3ccccc23)cc1. The quantitative estimate of drug-likeness (QED) is 0.172. The Morgan fingerprint density at radius 3 is 0.942 bits per heavy atom. The van der Waals surface area contributed by atoms with E-state index in [0.29, 0.717) is 0 Å². The van der Waals surface area contributed by atoms with Crippen LogP contribution in [0.25, 0.3) is 66.1 Å². The molecule has 0 bridgehead atoms. The highest BCUT2D eigenvalue weighted by atomic mass is 32.2. The second-order valence-electron chi connectivity index (χ2n) is 12.7. The van der Waals surface area contributed by atoms with Crippen molar-refractivity contribution < 1.29 is 0 Å². The third-order valence-electron chi connectivity index (χ3n) is 9.54. The zero-order valence-corrected chi connectivity index (χ0v) is 30.1. The fourth-order valence-corrected chi connectivity index (χ4v) is 9.17. The van der Waals surface area contributed by atoms with Gasteiger partial charge in [-0.25, -0.2) is 9.98 Å². The summed E-state index contributed by atoms with van der Waals surface area (Å²) in [6.45, 7) is 0. The molecule has 8 aromatic rings. The number of rotatable bonds is 6. The number of hydrogen-bond acceptors (Lipinski definition) is 4. The van der Waals surface area contributed by atoms with E-state index < -0.39 is 0 Å². The van der Waals surface area contributed by atoms with Gasteiger partial charge in [0.05, 0.1) is 11.4 Å². The maximum Gasteiger partial charge on any atom is 0.129 e. The Labute approximate surface area is 313 Å². The van der Waals surface area contributed by atoms with Gasteiger partial charge in [-0.2, -0.15) is 0 Å². The predicted molar refractivity (Wildman–Crippen MR) is 229 cm³/mol. The third-order valence-corrected chi connectivity index (χ3v) is 11.9. The average Bonchev–Trinajstić information content (AvgIpc) is 3.23. The molecule has 0 unspecified atom stereocenters. The van der Waals surface area contributed by atoms with Crippen LogP contribution in [-0.2, 0) is 0 Å². The van der Waals surface area contributed by atoms with Gasteiger partial charge in [0, 0.05) is 33.4 Å². The lowest BCUT2D eigenvalue weighted by molar-refractivity contribution is 1.52. The normalized spacial score (nSPS) is 14.7. The van der Waals surface area contributed by atoms with Crippen LogP contribution in [0.3, 0.4) is 0 Å². The summed E-state index contributed by atoms with van der Waals surface area (Å²) in [7, 11) is 0. The summed E-state index contributed by atoms with van der Waals surface area (Å²) in [5, 5.41) is 6.56. The van der Waals surface area contributed by atoms with Gasteiger partial charge in [0.15, 0.2) is 0 Å². The van der Waals surface area contributed by atoms with Crippen molar-refractivity contribution in [2.45, 2.75) is 0 Å². The molecule has 0 spiro atoms. The number of aliphatic imine (C=N–C) groups is 2. The topological polar surface area (TPSA) is 24.7 Å². The van der Waals surface area contributed by atoms with Crippen LogP contribution in [0, 0.1) is 0 Å². The highest BCUT2D eigenvalue weighted by Crippen LogP contribution is 2.46. The van der Waals surface area contributed by atoms with Crippen molar-refractivity contribution in [3.8, 4) is 44.5 Å². The Morgan fingerprint density at radius 1 is 0.308 bits per heavy atom. The summed E-state index contributed by atoms with van der Waals surface area (Å²) < 4.78 is 0. The molecule has 8 aromatic carbocycles. The van der Waals surface area contributed by atoms with Crippen LogP contribution in [0.5, 0.6) is 0 Å². The minimum absolute atomic E-state index is 0.960. The molecule has 1 aliphatic heterocycles. The Bertz CT molecular complexity index is 2410. The fraction of sp³-hybridized carbons (Fsp3) is 0.0417. The first-order valence-corrected chi connectivity index (χ1v) is 19.6. The molecular formula is C48H34N2S2. The van der Waals surface area contributed by atoms with Crippen molar-refractivity contribution in [3.05, 3.63) is 182 Å². The lowest BCUT2D eigenvalue weighted by atomic mass is 9.91. The zero-order chi connectivity index (χ0) is 34.7. The van der Waals surface area contributed by atoms with Gasteiger partial charge in [-0.05, 0) is 56.3 Å². The van der Waals surface area contributed by atoms with E-state index in [4.69, 9.17) is 9.98 Å². The number of hydrogen-bond donors (Lipinski definition) is 0. The van der Waals surface area contributed by atoms with Gasteiger partial charge in [0.25, 0.3) is 0 Å². The van der Waals surface area contributed by atoms with Crippen LogP contribution >= 0.6 is 23.5 Å². The van der Waals surface area contributed by atoms with Gasteiger partial charge in [0.1, 0.15) is 10.1 Å². The van der Waals surface area contributed by atoms with Crippen molar-refractivity contribution >= 4 is 66.5 Å². The maximum atomic E-state index is 5.61. The largest absolute Gasteiger partial charge is 0.238 e. The molecule has 248 valence electrons. The lowest BCUT2D eigenvalue weighted by Crippen LogP contribution is -2.14. The molecule has 0 saturated carbocycles. The molecule has 52 heavy (non-hydrogen) atoms. The van der Waals surface area contributed by atoms with Gasteiger partial charge in [-0.1, -0.05) is 170 Å². The van der Waals surface area contributed by atoms with E-state index in [2.05, 4.69) is 182 Å². The summed E-state index contributed by atoms with van der Waals surface area (Å²) in [4.78, 5) is 11.2. The third kappa shape index (κ3) is 6.25. The number of fused-ring (bicyclic) bond motifs is 2. The number of thioether (sulfide) groups is 2. The molecule has 2 nitrogen and oxygen atoms in total. The van der Waals surface area contributed by atoms with Crippen molar-refractivity contribution in [3.63, 3.8) is 0 Å². The standard InChI is InChI=1S/C48H34N2S2/c1-5-17-33(18-6-1)41-31-43(35-21-9-3-10-22-35)45(39-27-15-13-25-37(39)41)49-47-48(52-30-29-51-47)50-46-40-28-16-14-26-38(40)42(34-19-7-2-8-20-34)32-44(46)36-23-11-4-12-24-36/h1-28,31-32H,29-30H2. The van der Waals surface area contributed by atoms with E-state index >= 15 is 0 Å². The molecule has 1 aliphatic rings. The highest BCUT2D eigenvalue weighted by molar-refractivity contribution is 8.27. The first kappa shape index (κ1) is 32.2. The van der Waals surface area contributed by atoms with Crippen LogP contribution < -0.4 is 0 Å². The van der Waals surface area contributed by atoms with E-state index in [1.165, 1.54) is 33.0 Å². The van der Waals surface area contributed by atoms with Crippen LogP contribution in [0.15, 0.2) is 192 Å². The molecule has 0 radical (unpaired) electrons. The van der Waals surface area contributed by atoms with E-state index in [0.717, 1.165) is 66.0 Å². The molecular weight excluding hydrogens is 669 g/mol. The molecule has 0 amide bonds. The predicted octanol–water partition coefficient (Wildman–Crippen LogP) is 13.9. The van der Waals surface area contributed by atoms with Gasteiger partial charge >= 0.3 is 0 Å². The smallest absolute Gasteiger partial charge is 0.129 e. The Morgan fingerprint density at radius 2 is 0.596 bits per heavy atom. The van der Waals surface area contributed by atoms with Crippen molar-refractivity contribution in [1.82, 2.24) is 0 Å². The number of benzene rings is 8. The van der Waals surface area contributed by atoms with E-state index in [1.807, 2.05) is 0 Å².